The molecule has 0 radical (unpaired) electrons. The third-order valence-corrected chi connectivity index (χ3v) is 3.61. The highest BCUT2D eigenvalue weighted by molar-refractivity contribution is 9.10. The molecule has 2 rings (SSSR count). The molecule has 0 aliphatic heterocycles. The standard InChI is InChI=1S/C17H17BrO2/c1-4-20-16-8-5-11(2)9-15(16)17(19)14-7-6-13(18)10-12(14)3/h5-10H,4H2,1-3H3. The summed E-state index contributed by atoms with van der Waals surface area (Å²) in [5.74, 6) is 0.646. The summed E-state index contributed by atoms with van der Waals surface area (Å²) in [5.41, 5.74) is 3.33. The molecule has 0 saturated heterocycles. The predicted molar refractivity (Wildman–Crippen MR) is 84.7 cm³/mol. The maximum atomic E-state index is 12.7. The summed E-state index contributed by atoms with van der Waals surface area (Å²) in [4.78, 5) is 12.7. The first-order chi connectivity index (χ1) is 9.52. The first kappa shape index (κ1) is 14.8. The van der Waals surface area contributed by atoms with Crippen LogP contribution in [0.5, 0.6) is 5.75 Å². The SMILES string of the molecule is CCOc1ccc(C)cc1C(=O)c1ccc(Br)cc1C. The fourth-order valence-corrected chi connectivity index (χ4v) is 2.61. The largest absolute Gasteiger partial charge is 0.493 e. The number of rotatable bonds is 4. The van der Waals surface area contributed by atoms with Gasteiger partial charge in [-0.15, -0.1) is 0 Å². The Hall–Kier alpha value is -1.61. The molecule has 0 amide bonds. The average molecular weight is 333 g/mol. The van der Waals surface area contributed by atoms with Gasteiger partial charge >= 0.3 is 0 Å². The molecule has 104 valence electrons. The fourth-order valence-electron chi connectivity index (χ4n) is 2.13. The molecule has 20 heavy (non-hydrogen) atoms. The second kappa shape index (κ2) is 6.23. The zero-order valence-corrected chi connectivity index (χ0v) is 13.5. The molecular weight excluding hydrogens is 316 g/mol. The quantitative estimate of drug-likeness (QED) is 0.759. The van der Waals surface area contributed by atoms with Gasteiger partial charge in [-0.05, 0) is 56.7 Å². The zero-order valence-electron chi connectivity index (χ0n) is 11.9. The number of halogens is 1. The van der Waals surface area contributed by atoms with Gasteiger partial charge in [-0.25, -0.2) is 0 Å². The molecule has 0 saturated carbocycles. The van der Waals surface area contributed by atoms with Crippen molar-refractivity contribution in [3.05, 3.63) is 63.1 Å². The number of hydrogen-bond acceptors (Lipinski definition) is 2. The van der Waals surface area contributed by atoms with Crippen LogP contribution < -0.4 is 4.74 Å². The van der Waals surface area contributed by atoms with E-state index in [0.29, 0.717) is 23.5 Å². The third-order valence-electron chi connectivity index (χ3n) is 3.11. The van der Waals surface area contributed by atoms with Crippen LogP contribution in [0, 0.1) is 13.8 Å². The van der Waals surface area contributed by atoms with Crippen LogP contribution in [0.4, 0.5) is 0 Å². The van der Waals surface area contributed by atoms with E-state index in [4.69, 9.17) is 4.74 Å². The van der Waals surface area contributed by atoms with Crippen molar-refractivity contribution in [2.75, 3.05) is 6.61 Å². The van der Waals surface area contributed by atoms with Crippen molar-refractivity contribution >= 4 is 21.7 Å². The number of carbonyl (C=O) groups excluding carboxylic acids is 1. The van der Waals surface area contributed by atoms with E-state index >= 15 is 0 Å². The molecule has 0 aromatic heterocycles. The highest BCUT2D eigenvalue weighted by Gasteiger charge is 2.16. The Morgan fingerprint density at radius 2 is 1.85 bits per heavy atom. The van der Waals surface area contributed by atoms with Gasteiger partial charge in [-0.2, -0.15) is 0 Å². The predicted octanol–water partition coefficient (Wildman–Crippen LogP) is 4.70. The second-order valence-corrected chi connectivity index (χ2v) is 5.64. The van der Waals surface area contributed by atoms with E-state index < -0.39 is 0 Å². The minimum Gasteiger partial charge on any atom is -0.493 e. The summed E-state index contributed by atoms with van der Waals surface area (Å²) in [5, 5.41) is 0. The number of aryl methyl sites for hydroxylation is 2. The van der Waals surface area contributed by atoms with Gasteiger partial charge < -0.3 is 4.74 Å². The summed E-state index contributed by atoms with van der Waals surface area (Å²) < 4.78 is 6.54. The van der Waals surface area contributed by atoms with Crippen LogP contribution in [-0.2, 0) is 0 Å². The van der Waals surface area contributed by atoms with Gasteiger partial charge in [0, 0.05) is 10.0 Å². The molecule has 2 aromatic carbocycles. The Labute approximate surface area is 127 Å². The van der Waals surface area contributed by atoms with Gasteiger partial charge in [-0.1, -0.05) is 27.6 Å². The molecule has 0 unspecified atom stereocenters. The van der Waals surface area contributed by atoms with Crippen LogP contribution in [0.1, 0.15) is 34.0 Å². The molecule has 0 atom stereocenters. The van der Waals surface area contributed by atoms with Gasteiger partial charge in [0.2, 0.25) is 0 Å². The molecule has 0 N–H and O–H groups in total. The Balaban J connectivity index is 2.49. The van der Waals surface area contributed by atoms with Crippen LogP contribution in [0.25, 0.3) is 0 Å². The lowest BCUT2D eigenvalue weighted by Crippen LogP contribution is -2.07. The number of hydrogen-bond donors (Lipinski definition) is 0. The van der Waals surface area contributed by atoms with E-state index in [2.05, 4.69) is 15.9 Å². The highest BCUT2D eigenvalue weighted by Crippen LogP contribution is 2.25. The van der Waals surface area contributed by atoms with Gasteiger partial charge in [0.15, 0.2) is 5.78 Å². The average Bonchev–Trinajstić information content (AvgIpc) is 2.40. The zero-order chi connectivity index (χ0) is 14.7. The molecule has 0 fully saturated rings. The molecule has 0 aliphatic rings. The molecule has 0 bridgehead atoms. The summed E-state index contributed by atoms with van der Waals surface area (Å²) in [6, 6.07) is 11.4. The van der Waals surface area contributed by atoms with Crippen LogP contribution >= 0.6 is 15.9 Å². The highest BCUT2D eigenvalue weighted by atomic mass is 79.9. The Bertz CT molecular complexity index is 647. The molecule has 0 heterocycles. The van der Waals surface area contributed by atoms with Gasteiger partial charge in [0.05, 0.1) is 12.2 Å². The van der Waals surface area contributed by atoms with Crippen molar-refractivity contribution in [1.82, 2.24) is 0 Å². The maximum absolute atomic E-state index is 12.7. The van der Waals surface area contributed by atoms with Gasteiger partial charge in [0.1, 0.15) is 5.75 Å². The van der Waals surface area contributed by atoms with Crippen LogP contribution in [-0.4, -0.2) is 12.4 Å². The van der Waals surface area contributed by atoms with Crippen molar-refractivity contribution < 1.29 is 9.53 Å². The van der Waals surface area contributed by atoms with Gasteiger partial charge in [-0.3, -0.25) is 4.79 Å². The maximum Gasteiger partial charge on any atom is 0.197 e. The van der Waals surface area contributed by atoms with Crippen LogP contribution in [0.2, 0.25) is 0 Å². The summed E-state index contributed by atoms with van der Waals surface area (Å²) in [6.45, 7) is 6.37. The molecule has 0 aliphatic carbocycles. The Kier molecular flexibility index (Phi) is 4.61. The molecule has 2 nitrogen and oxygen atoms in total. The number of carbonyl (C=O) groups is 1. The van der Waals surface area contributed by atoms with Gasteiger partial charge in [0.25, 0.3) is 0 Å². The summed E-state index contributed by atoms with van der Waals surface area (Å²) in [7, 11) is 0. The minimum atomic E-state index is 0.00199. The van der Waals surface area contributed by atoms with Crippen LogP contribution in [0.3, 0.4) is 0 Å². The van der Waals surface area contributed by atoms with Crippen molar-refractivity contribution in [3.63, 3.8) is 0 Å². The second-order valence-electron chi connectivity index (χ2n) is 4.72. The molecule has 3 heteroatoms. The fraction of sp³-hybridized carbons (Fsp3) is 0.235. The topological polar surface area (TPSA) is 26.3 Å². The van der Waals surface area contributed by atoms with E-state index in [9.17, 15) is 4.79 Å². The van der Waals surface area contributed by atoms with E-state index in [1.807, 2.05) is 57.2 Å². The van der Waals surface area contributed by atoms with Crippen molar-refractivity contribution in [3.8, 4) is 5.75 Å². The number of ketones is 1. The van der Waals surface area contributed by atoms with Crippen molar-refractivity contribution in [2.45, 2.75) is 20.8 Å². The molecule has 0 spiro atoms. The lowest BCUT2D eigenvalue weighted by molar-refractivity contribution is 0.103. The smallest absolute Gasteiger partial charge is 0.197 e. The van der Waals surface area contributed by atoms with E-state index in [1.54, 1.807) is 0 Å². The van der Waals surface area contributed by atoms with Crippen LogP contribution in [0.15, 0.2) is 40.9 Å². The number of benzene rings is 2. The van der Waals surface area contributed by atoms with Crippen molar-refractivity contribution in [2.24, 2.45) is 0 Å². The van der Waals surface area contributed by atoms with Crippen molar-refractivity contribution in [1.29, 1.82) is 0 Å². The van der Waals surface area contributed by atoms with E-state index in [0.717, 1.165) is 15.6 Å². The Morgan fingerprint density at radius 3 is 2.50 bits per heavy atom. The minimum absolute atomic E-state index is 0.00199. The summed E-state index contributed by atoms with van der Waals surface area (Å²) >= 11 is 3.42. The lowest BCUT2D eigenvalue weighted by atomic mass is 9.97. The third kappa shape index (κ3) is 3.10. The number of ether oxygens (including phenoxy) is 1. The Morgan fingerprint density at radius 1 is 1.10 bits per heavy atom. The first-order valence-corrected chi connectivity index (χ1v) is 7.36. The summed E-state index contributed by atoms with van der Waals surface area (Å²) in [6.07, 6.45) is 0. The molecule has 2 aromatic rings. The first-order valence-electron chi connectivity index (χ1n) is 6.57. The normalized spacial score (nSPS) is 10.4. The monoisotopic (exact) mass is 332 g/mol. The lowest BCUT2D eigenvalue weighted by Gasteiger charge is -2.12. The molecular formula is C17H17BrO2. The van der Waals surface area contributed by atoms with E-state index in [1.165, 1.54) is 0 Å². The van der Waals surface area contributed by atoms with E-state index in [-0.39, 0.29) is 5.78 Å².